The first-order valence-electron chi connectivity index (χ1n) is 6.67. The Bertz CT molecular complexity index is 599. The molecule has 0 aliphatic carbocycles. The van der Waals surface area contributed by atoms with Crippen molar-refractivity contribution in [2.75, 3.05) is 17.3 Å². The number of amides is 1. The first-order chi connectivity index (χ1) is 10.2. The molecule has 0 atom stereocenters. The van der Waals surface area contributed by atoms with Gasteiger partial charge in [-0.25, -0.2) is 10.8 Å². The van der Waals surface area contributed by atoms with Gasteiger partial charge in [0.05, 0.1) is 5.56 Å². The highest BCUT2D eigenvalue weighted by atomic mass is 16.2. The van der Waals surface area contributed by atoms with Gasteiger partial charge in [0.15, 0.2) is 0 Å². The lowest BCUT2D eigenvalue weighted by molar-refractivity contribution is 0.102. The third-order valence-corrected chi connectivity index (χ3v) is 2.98. The number of pyridine rings is 1. The van der Waals surface area contributed by atoms with Crippen molar-refractivity contribution in [1.82, 2.24) is 4.98 Å². The van der Waals surface area contributed by atoms with Gasteiger partial charge in [-0.3, -0.25) is 4.79 Å². The molecular formula is C15H18N4O2. The Kier molecular flexibility index (Phi) is 5.25. The number of hydrazine groups is 1. The first-order valence-corrected chi connectivity index (χ1v) is 6.67. The summed E-state index contributed by atoms with van der Waals surface area (Å²) in [5.41, 5.74) is 4.65. The van der Waals surface area contributed by atoms with Gasteiger partial charge in [-0.15, -0.1) is 0 Å². The monoisotopic (exact) mass is 286 g/mol. The minimum absolute atomic E-state index is 0.157. The summed E-state index contributed by atoms with van der Waals surface area (Å²) < 4.78 is 0. The second-order valence-electron chi connectivity index (χ2n) is 4.56. The van der Waals surface area contributed by atoms with Crippen molar-refractivity contribution < 1.29 is 9.90 Å². The van der Waals surface area contributed by atoms with Gasteiger partial charge in [0.1, 0.15) is 5.82 Å². The van der Waals surface area contributed by atoms with E-state index >= 15 is 0 Å². The van der Waals surface area contributed by atoms with Crippen LogP contribution in [-0.2, 0) is 6.42 Å². The van der Waals surface area contributed by atoms with E-state index in [1.807, 2.05) is 24.3 Å². The summed E-state index contributed by atoms with van der Waals surface area (Å²) in [6, 6.07) is 10.8. The lowest BCUT2D eigenvalue weighted by Gasteiger charge is -2.07. The largest absolute Gasteiger partial charge is 0.396 e. The molecule has 110 valence electrons. The fourth-order valence-corrected chi connectivity index (χ4v) is 1.90. The second-order valence-corrected chi connectivity index (χ2v) is 4.56. The molecular weight excluding hydrogens is 268 g/mol. The number of carbonyl (C=O) groups is 1. The molecule has 0 aliphatic heterocycles. The number of aliphatic hydroxyl groups excluding tert-OH is 1. The molecule has 21 heavy (non-hydrogen) atoms. The molecule has 0 radical (unpaired) electrons. The number of hydrogen-bond acceptors (Lipinski definition) is 5. The molecule has 0 spiro atoms. The topological polar surface area (TPSA) is 100 Å². The maximum absolute atomic E-state index is 12.1. The number of aliphatic hydroxyl groups is 1. The summed E-state index contributed by atoms with van der Waals surface area (Å²) in [7, 11) is 0. The van der Waals surface area contributed by atoms with Crippen LogP contribution in [0.25, 0.3) is 0 Å². The average molecular weight is 286 g/mol. The number of hydrogen-bond donors (Lipinski definition) is 4. The fourth-order valence-electron chi connectivity index (χ4n) is 1.90. The van der Waals surface area contributed by atoms with Gasteiger partial charge in [0, 0.05) is 18.5 Å². The van der Waals surface area contributed by atoms with Crippen molar-refractivity contribution in [3.8, 4) is 0 Å². The molecule has 0 saturated carbocycles. The molecule has 1 aromatic heterocycles. The van der Waals surface area contributed by atoms with E-state index in [0.717, 1.165) is 17.7 Å². The number of nitrogen functional groups attached to an aromatic ring is 1. The number of rotatable bonds is 6. The smallest absolute Gasteiger partial charge is 0.257 e. The zero-order valence-corrected chi connectivity index (χ0v) is 11.5. The molecule has 1 amide bonds. The Labute approximate surface area is 123 Å². The highest BCUT2D eigenvalue weighted by Crippen LogP contribution is 2.14. The van der Waals surface area contributed by atoms with Crippen LogP contribution in [0.3, 0.4) is 0 Å². The Morgan fingerprint density at radius 1 is 1.29 bits per heavy atom. The van der Waals surface area contributed by atoms with E-state index in [1.165, 1.54) is 6.20 Å². The highest BCUT2D eigenvalue weighted by Gasteiger charge is 2.07. The maximum Gasteiger partial charge on any atom is 0.257 e. The Hall–Kier alpha value is -2.44. The van der Waals surface area contributed by atoms with Gasteiger partial charge in [0.25, 0.3) is 5.91 Å². The van der Waals surface area contributed by atoms with Crippen LogP contribution in [0.1, 0.15) is 22.3 Å². The summed E-state index contributed by atoms with van der Waals surface area (Å²) in [6.07, 6.45) is 2.94. The molecule has 0 saturated heterocycles. The van der Waals surface area contributed by atoms with Gasteiger partial charge < -0.3 is 15.8 Å². The predicted molar refractivity (Wildman–Crippen MR) is 81.8 cm³/mol. The first kappa shape index (κ1) is 15.0. The Balaban J connectivity index is 2.04. The second kappa shape index (κ2) is 7.37. The minimum Gasteiger partial charge on any atom is -0.396 e. The molecule has 1 heterocycles. The van der Waals surface area contributed by atoms with E-state index < -0.39 is 0 Å². The summed E-state index contributed by atoms with van der Waals surface area (Å²) in [5, 5.41) is 11.7. The summed E-state index contributed by atoms with van der Waals surface area (Å²) >= 11 is 0. The molecule has 0 fully saturated rings. The van der Waals surface area contributed by atoms with E-state index in [4.69, 9.17) is 10.9 Å². The van der Waals surface area contributed by atoms with Crippen LogP contribution < -0.4 is 16.6 Å². The van der Waals surface area contributed by atoms with Gasteiger partial charge in [-0.2, -0.15) is 0 Å². The molecule has 1 aromatic carbocycles. The molecule has 0 bridgehead atoms. The molecule has 0 unspecified atom stereocenters. The van der Waals surface area contributed by atoms with Crippen LogP contribution in [0, 0.1) is 0 Å². The van der Waals surface area contributed by atoms with Crippen molar-refractivity contribution in [3.63, 3.8) is 0 Å². The highest BCUT2D eigenvalue weighted by molar-refractivity contribution is 6.04. The van der Waals surface area contributed by atoms with Crippen molar-refractivity contribution in [3.05, 3.63) is 53.7 Å². The number of anilines is 2. The lowest BCUT2D eigenvalue weighted by atomic mass is 10.1. The van der Waals surface area contributed by atoms with Crippen molar-refractivity contribution in [2.24, 2.45) is 5.84 Å². The van der Waals surface area contributed by atoms with E-state index in [9.17, 15) is 4.79 Å². The van der Waals surface area contributed by atoms with Crippen LogP contribution in [0.5, 0.6) is 0 Å². The molecule has 6 heteroatoms. The summed E-state index contributed by atoms with van der Waals surface area (Å²) in [5.74, 6) is 5.49. The van der Waals surface area contributed by atoms with Crippen LogP contribution >= 0.6 is 0 Å². The Morgan fingerprint density at radius 3 is 2.81 bits per heavy atom. The zero-order chi connectivity index (χ0) is 15.1. The third-order valence-electron chi connectivity index (χ3n) is 2.98. The Morgan fingerprint density at radius 2 is 2.14 bits per heavy atom. The predicted octanol–water partition coefficient (Wildman–Crippen LogP) is 1.54. The van der Waals surface area contributed by atoms with Crippen molar-refractivity contribution >= 4 is 17.4 Å². The number of aryl methyl sites for hydroxylation is 1. The minimum atomic E-state index is -0.231. The lowest BCUT2D eigenvalue weighted by Crippen LogP contribution is -2.13. The van der Waals surface area contributed by atoms with Crippen LogP contribution in [0.15, 0.2) is 42.6 Å². The van der Waals surface area contributed by atoms with Crippen LogP contribution in [0.2, 0.25) is 0 Å². The van der Waals surface area contributed by atoms with Gasteiger partial charge >= 0.3 is 0 Å². The number of nitrogens with one attached hydrogen (secondary N) is 2. The summed E-state index contributed by atoms with van der Waals surface area (Å²) in [4.78, 5) is 16.1. The van der Waals surface area contributed by atoms with Gasteiger partial charge in [-0.05, 0) is 42.7 Å². The number of nitrogens with zero attached hydrogens (tertiary/aromatic N) is 1. The number of carbonyl (C=O) groups excluding carboxylic acids is 1. The molecule has 6 nitrogen and oxygen atoms in total. The van der Waals surface area contributed by atoms with Gasteiger partial charge in [-0.1, -0.05) is 12.1 Å². The van der Waals surface area contributed by atoms with E-state index in [1.54, 1.807) is 12.1 Å². The third kappa shape index (κ3) is 4.27. The number of benzene rings is 1. The average Bonchev–Trinajstić information content (AvgIpc) is 2.53. The fraction of sp³-hybridized carbons (Fsp3) is 0.200. The van der Waals surface area contributed by atoms with Crippen molar-refractivity contribution in [2.45, 2.75) is 12.8 Å². The molecule has 2 rings (SSSR count). The van der Waals surface area contributed by atoms with E-state index in [0.29, 0.717) is 17.8 Å². The normalized spacial score (nSPS) is 10.2. The number of aromatic nitrogens is 1. The number of nitrogens with two attached hydrogens (primary N) is 1. The van der Waals surface area contributed by atoms with Crippen LogP contribution in [-0.4, -0.2) is 22.6 Å². The SMILES string of the molecule is NNc1ccc(C(=O)Nc2cccc(CCCO)c2)cn1. The molecule has 5 N–H and O–H groups in total. The maximum atomic E-state index is 12.1. The zero-order valence-electron chi connectivity index (χ0n) is 11.5. The molecule has 0 aliphatic rings. The van der Waals surface area contributed by atoms with Gasteiger partial charge in [0.2, 0.25) is 0 Å². The quantitative estimate of drug-likeness (QED) is 0.477. The van der Waals surface area contributed by atoms with E-state index in [-0.39, 0.29) is 12.5 Å². The van der Waals surface area contributed by atoms with Crippen molar-refractivity contribution in [1.29, 1.82) is 0 Å². The summed E-state index contributed by atoms with van der Waals surface area (Å²) in [6.45, 7) is 0.157. The van der Waals surface area contributed by atoms with Crippen LogP contribution in [0.4, 0.5) is 11.5 Å². The standard InChI is InChI=1S/C15H18N4O2/c16-19-14-7-6-12(10-17-14)15(21)18-13-5-1-3-11(9-13)4-2-8-20/h1,3,5-7,9-10,20H,2,4,8,16H2,(H,17,19)(H,18,21). The van der Waals surface area contributed by atoms with E-state index in [2.05, 4.69) is 15.7 Å². The molecule has 2 aromatic rings.